The average molecular weight is 329 g/mol. The Kier molecular flexibility index (Phi) is 3.54. The molecule has 0 aromatic heterocycles. The second-order valence-corrected chi connectivity index (χ2v) is 6.56. The van der Waals surface area contributed by atoms with Crippen molar-refractivity contribution < 1.29 is 0 Å². The minimum absolute atomic E-state index is 1.20. The van der Waals surface area contributed by atoms with E-state index in [4.69, 9.17) is 0 Å². The number of fused-ring (bicyclic) bond motifs is 3. The van der Waals surface area contributed by atoms with E-state index >= 15 is 0 Å². The van der Waals surface area contributed by atoms with Gasteiger partial charge in [-0.15, -0.1) is 0 Å². The Morgan fingerprint density at radius 3 is 2.08 bits per heavy atom. The average Bonchev–Trinajstić information content (AvgIpc) is 2.74. The minimum Gasteiger partial charge on any atom is -0.0622 e. The van der Waals surface area contributed by atoms with Gasteiger partial charge in [0.1, 0.15) is 0 Å². The van der Waals surface area contributed by atoms with Gasteiger partial charge in [-0.25, -0.2) is 0 Å². The van der Waals surface area contributed by atoms with Crippen molar-refractivity contribution in [3.8, 4) is 22.3 Å². The summed E-state index contributed by atoms with van der Waals surface area (Å²) >= 11 is 0. The van der Waals surface area contributed by atoms with Gasteiger partial charge in [-0.05, 0) is 68.1 Å². The van der Waals surface area contributed by atoms with E-state index in [1.54, 1.807) is 0 Å². The van der Waals surface area contributed by atoms with Gasteiger partial charge in [0.05, 0.1) is 0 Å². The fraction of sp³-hybridized carbons (Fsp3) is 0. The van der Waals surface area contributed by atoms with Crippen molar-refractivity contribution in [1.29, 1.82) is 0 Å². The molecule has 0 spiro atoms. The fourth-order valence-electron chi connectivity index (χ4n) is 3.72. The molecular weight excluding hydrogens is 312 g/mol. The Hall–Kier alpha value is -3.38. The number of hydrogen-bond acceptors (Lipinski definition) is 0. The highest BCUT2D eigenvalue weighted by molar-refractivity contribution is 6.14. The molecule has 0 heterocycles. The fourth-order valence-corrected chi connectivity index (χ4v) is 3.72. The first kappa shape index (κ1) is 14.9. The Labute approximate surface area is 153 Å². The molecule has 0 N–H and O–H groups in total. The monoisotopic (exact) mass is 329 g/mol. The van der Waals surface area contributed by atoms with E-state index in [9.17, 15) is 0 Å². The van der Waals surface area contributed by atoms with Crippen molar-refractivity contribution in [2.75, 3.05) is 0 Å². The lowest BCUT2D eigenvalue weighted by Gasteiger charge is -2.12. The second-order valence-electron chi connectivity index (χ2n) is 6.56. The predicted octanol–water partition coefficient (Wildman–Crippen LogP) is 7.13. The third kappa shape index (κ3) is 2.48. The molecule has 1 radical (unpaired) electrons. The van der Waals surface area contributed by atoms with Crippen LogP contribution in [0.3, 0.4) is 0 Å². The molecule has 121 valence electrons. The lowest BCUT2D eigenvalue weighted by Crippen LogP contribution is -1.85. The zero-order valence-corrected chi connectivity index (χ0v) is 14.3. The quantitative estimate of drug-likeness (QED) is 0.302. The van der Waals surface area contributed by atoms with Crippen LogP contribution in [0.25, 0.3) is 43.8 Å². The molecule has 0 nitrogen and oxygen atoms in total. The standard InChI is InChI=1S/C26H17/c1-3-9-19(10-4-1)21-15-16-23-22(17-21)18-26(20-11-5-2-6-12-20)25-14-8-7-13-24(23)25/h1-3,5-18H. The highest BCUT2D eigenvalue weighted by Gasteiger charge is 2.09. The van der Waals surface area contributed by atoms with E-state index in [2.05, 4.69) is 91.0 Å². The SMILES string of the molecule is [c]1cccc(-c2ccc3c(c2)cc(-c2ccccc2)c2ccccc23)c1. The first-order valence-electron chi connectivity index (χ1n) is 8.87. The van der Waals surface area contributed by atoms with Gasteiger partial charge in [-0.2, -0.15) is 0 Å². The Morgan fingerprint density at radius 1 is 0.500 bits per heavy atom. The third-order valence-electron chi connectivity index (χ3n) is 4.98. The molecule has 5 rings (SSSR count). The maximum atomic E-state index is 3.17. The van der Waals surface area contributed by atoms with Crippen molar-refractivity contribution in [3.05, 3.63) is 109 Å². The van der Waals surface area contributed by atoms with Crippen LogP contribution in [0.15, 0.2) is 103 Å². The lowest BCUT2D eigenvalue weighted by atomic mass is 9.92. The van der Waals surface area contributed by atoms with Crippen LogP contribution in [-0.2, 0) is 0 Å². The van der Waals surface area contributed by atoms with Crippen LogP contribution in [0.4, 0.5) is 0 Å². The molecule has 0 saturated carbocycles. The molecule has 5 aromatic rings. The summed E-state index contributed by atoms with van der Waals surface area (Å²) in [6.07, 6.45) is 0. The molecule has 0 aliphatic rings. The van der Waals surface area contributed by atoms with Gasteiger partial charge in [0.2, 0.25) is 0 Å². The van der Waals surface area contributed by atoms with Crippen LogP contribution in [0.2, 0.25) is 0 Å². The van der Waals surface area contributed by atoms with Crippen LogP contribution in [0, 0.1) is 6.07 Å². The van der Waals surface area contributed by atoms with Gasteiger partial charge in [-0.3, -0.25) is 0 Å². The van der Waals surface area contributed by atoms with Gasteiger partial charge in [0, 0.05) is 0 Å². The van der Waals surface area contributed by atoms with Crippen LogP contribution in [0.5, 0.6) is 0 Å². The Balaban J connectivity index is 1.83. The highest BCUT2D eigenvalue weighted by atomic mass is 14.1. The minimum atomic E-state index is 1.20. The van der Waals surface area contributed by atoms with Crippen molar-refractivity contribution >= 4 is 21.5 Å². The molecule has 0 amide bonds. The zero-order chi connectivity index (χ0) is 17.3. The molecule has 0 atom stereocenters. The molecule has 0 aliphatic heterocycles. The van der Waals surface area contributed by atoms with E-state index in [-0.39, 0.29) is 0 Å². The van der Waals surface area contributed by atoms with Crippen molar-refractivity contribution in [3.63, 3.8) is 0 Å². The first-order valence-corrected chi connectivity index (χ1v) is 8.87. The molecule has 5 aromatic carbocycles. The van der Waals surface area contributed by atoms with E-state index in [0.29, 0.717) is 0 Å². The van der Waals surface area contributed by atoms with E-state index in [1.807, 2.05) is 18.2 Å². The largest absolute Gasteiger partial charge is 0.0622 e. The summed E-state index contributed by atoms with van der Waals surface area (Å²) in [5, 5.41) is 5.16. The van der Waals surface area contributed by atoms with Crippen molar-refractivity contribution in [2.24, 2.45) is 0 Å². The van der Waals surface area contributed by atoms with Crippen LogP contribution in [-0.4, -0.2) is 0 Å². The van der Waals surface area contributed by atoms with Crippen molar-refractivity contribution in [2.45, 2.75) is 0 Å². The molecule has 0 fully saturated rings. The maximum Gasteiger partial charge on any atom is -0.00990 e. The molecule has 0 bridgehead atoms. The van der Waals surface area contributed by atoms with E-state index in [1.165, 1.54) is 43.8 Å². The summed E-state index contributed by atoms with van der Waals surface area (Å²) in [5.74, 6) is 0. The third-order valence-corrected chi connectivity index (χ3v) is 4.98. The summed E-state index contributed by atoms with van der Waals surface area (Å²) in [6, 6.07) is 39.7. The molecule has 0 unspecified atom stereocenters. The van der Waals surface area contributed by atoms with Crippen molar-refractivity contribution in [1.82, 2.24) is 0 Å². The Bertz CT molecular complexity index is 1200. The first-order chi connectivity index (χ1) is 12.9. The zero-order valence-electron chi connectivity index (χ0n) is 14.3. The lowest BCUT2D eigenvalue weighted by molar-refractivity contribution is 1.63. The van der Waals surface area contributed by atoms with Gasteiger partial charge in [0.25, 0.3) is 0 Å². The molecule has 0 saturated heterocycles. The maximum absolute atomic E-state index is 3.17. The molecule has 26 heavy (non-hydrogen) atoms. The Morgan fingerprint density at radius 2 is 1.27 bits per heavy atom. The number of rotatable bonds is 2. The van der Waals surface area contributed by atoms with E-state index in [0.717, 1.165) is 0 Å². The topological polar surface area (TPSA) is 0 Å². The summed E-state index contributed by atoms with van der Waals surface area (Å²) in [5.41, 5.74) is 4.96. The second kappa shape index (κ2) is 6.16. The molecule has 0 aliphatic carbocycles. The number of hydrogen-bond donors (Lipinski definition) is 0. The predicted molar refractivity (Wildman–Crippen MR) is 111 cm³/mol. The van der Waals surface area contributed by atoms with Gasteiger partial charge >= 0.3 is 0 Å². The van der Waals surface area contributed by atoms with Gasteiger partial charge < -0.3 is 0 Å². The summed E-state index contributed by atoms with van der Waals surface area (Å²) in [6.45, 7) is 0. The van der Waals surface area contributed by atoms with Crippen LogP contribution in [0.1, 0.15) is 0 Å². The van der Waals surface area contributed by atoms with Gasteiger partial charge in [0.15, 0.2) is 0 Å². The van der Waals surface area contributed by atoms with Crippen LogP contribution < -0.4 is 0 Å². The summed E-state index contributed by atoms with van der Waals surface area (Å²) in [4.78, 5) is 0. The number of benzene rings is 5. The summed E-state index contributed by atoms with van der Waals surface area (Å²) in [7, 11) is 0. The normalized spacial score (nSPS) is 11.1. The smallest absolute Gasteiger partial charge is 0.00990 e. The van der Waals surface area contributed by atoms with E-state index < -0.39 is 0 Å². The molecule has 0 heteroatoms. The van der Waals surface area contributed by atoms with Crippen LogP contribution >= 0.6 is 0 Å². The summed E-state index contributed by atoms with van der Waals surface area (Å²) < 4.78 is 0. The molecular formula is C26H17. The highest BCUT2D eigenvalue weighted by Crippen LogP contribution is 2.36. The van der Waals surface area contributed by atoms with Gasteiger partial charge in [-0.1, -0.05) is 84.9 Å².